The van der Waals surface area contributed by atoms with Crippen molar-refractivity contribution in [3.8, 4) is 5.75 Å². The second-order valence-corrected chi connectivity index (χ2v) is 6.30. The van der Waals surface area contributed by atoms with Gasteiger partial charge in [-0.15, -0.1) is 0 Å². The van der Waals surface area contributed by atoms with Crippen molar-refractivity contribution in [1.29, 1.82) is 0 Å². The van der Waals surface area contributed by atoms with Gasteiger partial charge in [-0.2, -0.15) is 0 Å². The molecular weight excluding hydrogens is 308 g/mol. The number of hydrogen-bond donors (Lipinski definition) is 0. The second kappa shape index (κ2) is 8.02. The number of nitrogens with zero attached hydrogens (tertiary/aromatic N) is 2. The summed E-state index contributed by atoms with van der Waals surface area (Å²) in [5.74, 6) is 1.68. The van der Waals surface area contributed by atoms with Crippen molar-refractivity contribution in [1.82, 2.24) is 4.98 Å². The highest BCUT2D eigenvalue weighted by Gasteiger charge is 2.12. The Morgan fingerprint density at radius 1 is 1.08 bits per heavy atom. The van der Waals surface area contributed by atoms with E-state index < -0.39 is 0 Å². The van der Waals surface area contributed by atoms with Crippen molar-refractivity contribution in [2.24, 2.45) is 0 Å². The zero-order chi connectivity index (χ0) is 17.6. The molecule has 0 aliphatic carbocycles. The summed E-state index contributed by atoms with van der Waals surface area (Å²) in [7, 11) is 0. The van der Waals surface area contributed by atoms with Crippen LogP contribution in [0.3, 0.4) is 0 Å². The van der Waals surface area contributed by atoms with Gasteiger partial charge in [0.15, 0.2) is 0 Å². The summed E-state index contributed by atoms with van der Waals surface area (Å²) in [6, 6.07) is 10.4. The smallest absolute Gasteiger partial charge is 0.136 e. The Balaban J connectivity index is 1.97. The van der Waals surface area contributed by atoms with Gasteiger partial charge in [0, 0.05) is 35.9 Å². The van der Waals surface area contributed by atoms with Crippen LogP contribution in [0.1, 0.15) is 32.4 Å². The van der Waals surface area contributed by atoms with Crippen LogP contribution < -0.4 is 20.1 Å². The van der Waals surface area contributed by atoms with Gasteiger partial charge < -0.3 is 9.64 Å². The third-order valence-corrected chi connectivity index (χ3v) is 4.58. The van der Waals surface area contributed by atoms with Crippen LogP contribution in [0.25, 0.3) is 11.8 Å². The molecule has 0 N–H and O–H groups in total. The molecule has 0 radical (unpaired) electrons. The van der Waals surface area contributed by atoms with Crippen LogP contribution in [0.15, 0.2) is 48.7 Å². The lowest BCUT2D eigenvalue weighted by molar-refractivity contribution is 0.514. The fourth-order valence-electron chi connectivity index (χ4n) is 3.29. The SMILES string of the molecule is C\C=C/C(Oc1ccc(N2CCCC2)cc1)=c1/c(C)ncc/c1=C/C. The summed E-state index contributed by atoms with van der Waals surface area (Å²) in [5, 5.41) is 2.18. The molecule has 0 bridgehead atoms. The molecule has 0 saturated carbocycles. The molecular formula is C22H26N2O. The number of rotatable bonds is 4. The number of hydrogen-bond acceptors (Lipinski definition) is 3. The van der Waals surface area contributed by atoms with E-state index in [0.29, 0.717) is 0 Å². The Morgan fingerprint density at radius 2 is 1.80 bits per heavy atom. The van der Waals surface area contributed by atoms with Crippen molar-refractivity contribution in [3.05, 3.63) is 64.8 Å². The number of aromatic nitrogens is 1. The summed E-state index contributed by atoms with van der Waals surface area (Å²) >= 11 is 0. The molecule has 1 aromatic carbocycles. The van der Waals surface area contributed by atoms with E-state index in [2.05, 4.69) is 40.2 Å². The third kappa shape index (κ3) is 3.93. The van der Waals surface area contributed by atoms with E-state index in [1.807, 2.05) is 45.2 Å². The molecule has 130 valence electrons. The minimum atomic E-state index is 0.829. The van der Waals surface area contributed by atoms with E-state index in [9.17, 15) is 0 Å². The maximum atomic E-state index is 6.23. The molecule has 1 aromatic heterocycles. The van der Waals surface area contributed by atoms with Gasteiger partial charge in [0.25, 0.3) is 0 Å². The second-order valence-electron chi connectivity index (χ2n) is 6.30. The zero-order valence-electron chi connectivity index (χ0n) is 15.3. The van der Waals surface area contributed by atoms with Crippen LogP contribution in [0.5, 0.6) is 5.75 Å². The van der Waals surface area contributed by atoms with Gasteiger partial charge in [-0.3, -0.25) is 4.98 Å². The summed E-state index contributed by atoms with van der Waals surface area (Å²) in [4.78, 5) is 6.86. The first-order valence-electron chi connectivity index (χ1n) is 9.00. The van der Waals surface area contributed by atoms with Gasteiger partial charge in [0.1, 0.15) is 11.5 Å². The molecule has 1 aliphatic rings. The highest BCUT2D eigenvalue weighted by atomic mass is 16.5. The molecule has 1 aliphatic heterocycles. The first kappa shape index (κ1) is 17.3. The maximum Gasteiger partial charge on any atom is 0.136 e. The Morgan fingerprint density at radius 3 is 2.44 bits per heavy atom. The predicted molar refractivity (Wildman–Crippen MR) is 105 cm³/mol. The first-order chi connectivity index (χ1) is 12.2. The van der Waals surface area contributed by atoms with Gasteiger partial charge in [0.05, 0.1) is 0 Å². The van der Waals surface area contributed by atoms with Crippen molar-refractivity contribution >= 4 is 17.5 Å². The van der Waals surface area contributed by atoms with Crippen LogP contribution in [-0.2, 0) is 0 Å². The highest BCUT2D eigenvalue weighted by Crippen LogP contribution is 2.24. The van der Waals surface area contributed by atoms with E-state index in [-0.39, 0.29) is 0 Å². The Bertz CT molecular complexity index is 860. The monoisotopic (exact) mass is 334 g/mol. The fraction of sp³-hybridized carbons (Fsp3) is 0.318. The molecule has 3 rings (SSSR count). The zero-order valence-corrected chi connectivity index (χ0v) is 15.3. The van der Waals surface area contributed by atoms with E-state index >= 15 is 0 Å². The minimum absolute atomic E-state index is 0.829. The van der Waals surface area contributed by atoms with Crippen molar-refractivity contribution in [2.45, 2.75) is 33.6 Å². The van der Waals surface area contributed by atoms with Gasteiger partial charge in [-0.25, -0.2) is 0 Å². The Hall–Kier alpha value is -2.55. The quantitative estimate of drug-likeness (QED) is 0.855. The predicted octanol–water partition coefficient (Wildman–Crippen LogP) is 3.55. The maximum absolute atomic E-state index is 6.23. The van der Waals surface area contributed by atoms with Gasteiger partial charge in [-0.05, 0) is 75.2 Å². The molecule has 0 spiro atoms. The Kier molecular flexibility index (Phi) is 5.54. The van der Waals surface area contributed by atoms with Crippen molar-refractivity contribution in [3.63, 3.8) is 0 Å². The number of benzene rings is 1. The van der Waals surface area contributed by atoms with Gasteiger partial charge in [-0.1, -0.05) is 12.2 Å². The van der Waals surface area contributed by atoms with Crippen molar-refractivity contribution < 1.29 is 4.74 Å². The number of pyridine rings is 1. The lowest BCUT2D eigenvalue weighted by Crippen LogP contribution is -2.31. The lowest BCUT2D eigenvalue weighted by Gasteiger charge is -2.18. The molecule has 0 amide bonds. The summed E-state index contributed by atoms with van der Waals surface area (Å²) in [6.45, 7) is 8.37. The molecule has 25 heavy (non-hydrogen) atoms. The van der Waals surface area contributed by atoms with Crippen LogP contribution in [-0.4, -0.2) is 18.1 Å². The van der Waals surface area contributed by atoms with Crippen LogP contribution >= 0.6 is 0 Å². The average molecular weight is 334 g/mol. The number of aryl methyl sites for hydroxylation is 1. The van der Waals surface area contributed by atoms with Gasteiger partial charge >= 0.3 is 0 Å². The topological polar surface area (TPSA) is 25.4 Å². The first-order valence-corrected chi connectivity index (χ1v) is 9.00. The molecule has 3 heteroatoms. The number of anilines is 1. The molecule has 2 aromatic rings. The van der Waals surface area contributed by atoms with E-state index in [0.717, 1.165) is 40.7 Å². The van der Waals surface area contributed by atoms with Gasteiger partial charge in [0.2, 0.25) is 0 Å². The fourth-order valence-corrected chi connectivity index (χ4v) is 3.29. The summed E-state index contributed by atoms with van der Waals surface area (Å²) < 4.78 is 6.23. The van der Waals surface area contributed by atoms with E-state index in [1.165, 1.54) is 18.5 Å². The normalized spacial score (nSPS) is 16.6. The molecule has 2 heterocycles. The van der Waals surface area contributed by atoms with Crippen LogP contribution in [0.2, 0.25) is 0 Å². The molecule has 1 saturated heterocycles. The minimum Gasteiger partial charge on any atom is -0.457 e. The van der Waals surface area contributed by atoms with Crippen molar-refractivity contribution in [2.75, 3.05) is 18.0 Å². The largest absolute Gasteiger partial charge is 0.457 e. The van der Waals surface area contributed by atoms with Crippen LogP contribution in [0, 0.1) is 6.92 Å². The number of allylic oxidation sites excluding steroid dienone is 1. The standard InChI is InChI=1S/C22H26N2O/c1-4-8-21(22-17(3)23-14-13-18(22)5-2)25-20-11-9-19(10-12-20)24-15-6-7-16-24/h4-5,8-14H,6-7,15-16H2,1-3H3/b8-4-,18-5-,22-21+. The Labute approximate surface area is 150 Å². The average Bonchev–Trinajstić information content (AvgIpc) is 3.16. The summed E-state index contributed by atoms with van der Waals surface area (Å²) in [5.41, 5.74) is 2.25. The highest BCUT2D eigenvalue weighted by molar-refractivity contribution is 5.56. The summed E-state index contributed by atoms with van der Waals surface area (Å²) in [6.07, 6.45) is 10.5. The molecule has 0 unspecified atom stereocenters. The molecule has 0 atom stereocenters. The molecule has 1 fully saturated rings. The molecule has 3 nitrogen and oxygen atoms in total. The lowest BCUT2D eigenvalue weighted by atomic mass is 10.2. The van der Waals surface area contributed by atoms with Crippen LogP contribution in [0.4, 0.5) is 5.69 Å². The van der Waals surface area contributed by atoms with E-state index in [4.69, 9.17) is 4.74 Å². The number of ether oxygens (including phenoxy) is 1. The third-order valence-electron chi connectivity index (χ3n) is 4.58. The van der Waals surface area contributed by atoms with E-state index in [1.54, 1.807) is 0 Å².